The summed E-state index contributed by atoms with van der Waals surface area (Å²) in [5, 5.41) is 0.945. The van der Waals surface area contributed by atoms with E-state index in [1.54, 1.807) is 0 Å². The third kappa shape index (κ3) is 4.91. The molecule has 2 aromatic rings. The zero-order chi connectivity index (χ0) is 27.8. The van der Waals surface area contributed by atoms with Crippen molar-refractivity contribution in [1.29, 1.82) is 0 Å². The van der Waals surface area contributed by atoms with Crippen molar-refractivity contribution >= 4 is 23.0 Å². The molecule has 1 aliphatic carbocycles. The van der Waals surface area contributed by atoms with Crippen molar-refractivity contribution in [3.63, 3.8) is 0 Å². The molecule has 2 nitrogen and oxygen atoms in total. The van der Waals surface area contributed by atoms with E-state index in [1.165, 1.54) is 39.3 Å². The Morgan fingerprint density at radius 3 is 2.23 bits per heavy atom. The number of allylic oxidation sites excluding steroid dienone is 7. The van der Waals surface area contributed by atoms with Crippen molar-refractivity contribution in [2.45, 2.75) is 90.5 Å². The highest BCUT2D eigenvalue weighted by Gasteiger charge is 2.42. The molecule has 39 heavy (non-hydrogen) atoms. The topological polar surface area (TPSA) is 6.48 Å². The van der Waals surface area contributed by atoms with Crippen LogP contribution < -0.4 is 9.80 Å². The molecule has 0 saturated heterocycles. The van der Waals surface area contributed by atoms with Gasteiger partial charge in [-0.15, -0.1) is 0 Å². The number of nitrogens with zero attached hydrogens (tertiary/aromatic N) is 2. The van der Waals surface area contributed by atoms with E-state index in [0.29, 0.717) is 6.04 Å². The van der Waals surface area contributed by atoms with Crippen molar-refractivity contribution in [2.24, 2.45) is 0 Å². The van der Waals surface area contributed by atoms with Crippen LogP contribution in [0, 0.1) is 0 Å². The van der Waals surface area contributed by atoms with E-state index in [4.69, 9.17) is 11.6 Å². The number of para-hydroxylation sites is 2. The first kappa shape index (κ1) is 27.8. The van der Waals surface area contributed by atoms with Crippen LogP contribution >= 0.6 is 11.6 Å². The number of fused-ring (bicyclic) bond motifs is 2. The Morgan fingerprint density at radius 2 is 1.51 bits per heavy atom. The third-order valence-corrected chi connectivity index (χ3v) is 9.56. The summed E-state index contributed by atoms with van der Waals surface area (Å²) in [4.78, 5) is 5.10. The lowest BCUT2D eigenvalue weighted by Crippen LogP contribution is -2.40. The van der Waals surface area contributed by atoms with Gasteiger partial charge >= 0.3 is 0 Å². The number of halogens is 1. The molecule has 3 heteroatoms. The third-order valence-electron chi connectivity index (χ3n) is 9.07. The van der Waals surface area contributed by atoms with E-state index in [0.717, 1.165) is 50.2 Å². The molecule has 0 spiro atoms. The summed E-state index contributed by atoms with van der Waals surface area (Å²) in [5.74, 6) is 0. The van der Waals surface area contributed by atoms with Gasteiger partial charge in [-0.1, -0.05) is 108 Å². The molecule has 5 rings (SSSR count). The predicted molar refractivity (Wildman–Crippen MR) is 170 cm³/mol. The summed E-state index contributed by atoms with van der Waals surface area (Å²) in [5.41, 5.74) is 9.51. The predicted octanol–water partition coefficient (Wildman–Crippen LogP) is 9.81. The highest BCUT2D eigenvalue weighted by atomic mass is 35.5. The van der Waals surface area contributed by atoms with Crippen LogP contribution in [0.5, 0.6) is 0 Å². The second kappa shape index (κ2) is 11.0. The average molecular weight is 541 g/mol. The first-order chi connectivity index (χ1) is 18.7. The lowest BCUT2D eigenvalue weighted by Gasteiger charge is -2.32. The zero-order valence-corrected chi connectivity index (χ0v) is 25.5. The van der Waals surface area contributed by atoms with Gasteiger partial charge in [0, 0.05) is 46.0 Å². The van der Waals surface area contributed by atoms with Crippen LogP contribution in [0.2, 0.25) is 0 Å². The molecule has 2 heterocycles. The molecule has 0 bridgehead atoms. The van der Waals surface area contributed by atoms with Gasteiger partial charge < -0.3 is 9.80 Å². The highest BCUT2D eigenvalue weighted by molar-refractivity contribution is 6.32. The van der Waals surface area contributed by atoms with Gasteiger partial charge in [-0.2, -0.15) is 0 Å². The lowest BCUT2D eigenvalue weighted by molar-refractivity contribution is 0.473. The minimum Gasteiger partial charge on any atom is -0.364 e. The zero-order valence-electron chi connectivity index (χ0n) is 24.7. The molecule has 0 N–H and O–H groups in total. The molecule has 1 unspecified atom stereocenters. The molecule has 206 valence electrons. The molecule has 1 atom stereocenters. The Morgan fingerprint density at radius 1 is 0.846 bits per heavy atom. The summed E-state index contributed by atoms with van der Waals surface area (Å²) in [6.45, 7) is 16.1. The first-order valence-electron chi connectivity index (χ1n) is 14.9. The fraction of sp³-hybridized carbons (Fsp3) is 0.444. The van der Waals surface area contributed by atoms with Gasteiger partial charge in [0.1, 0.15) is 0 Å². The summed E-state index contributed by atoms with van der Waals surface area (Å²) >= 11 is 7.14. The van der Waals surface area contributed by atoms with Gasteiger partial charge in [0.25, 0.3) is 0 Å². The van der Waals surface area contributed by atoms with Crippen LogP contribution in [0.15, 0.2) is 94.7 Å². The summed E-state index contributed by atoms with van der Waals surface area (Å²) in [6.07, 6.45) is 14.9. The maximum Gasteiger partial charge on any atom is 0.0568 e. The van der Waals surface area contributed by atoms with Crippen LogP contribution in [0.25, 0.3) is 0 Å². The SMILES string of the molecule is CCCN1/C(=C\C=C2\CCCC(/C=C/C3N(CCC)c4ccccc4C3(C)C)=C2Cl)C(C)(C)c2ccccc21. The number of anilines is 2. The molecule has 0 amide bonds. The van der Waals surface area contributed by atoms with Gasteiger partial charge in [-0.05, 0) is 72.6 Å². The molecule has 2 aliphatic heterocycles. The van der Waals surface area contributed by atoms with Gasteiger partial charge in [-0.3, -0.25) is 0 Å². The largest absolute Gasteiger partial charge is 0.364 e. The van der Waals surface area contributed by atoms with Gasteiger partial charge in [-0.25, -0.2) is 0 Å². The molecular weight excluding hydrogens is 496 g/mol. The maximum atomic E-state index is 7.14. The van der Waals surface area contributed by atoms with E-state index in [-0.39, 0.29) is 10.8 Å². The molecule has 0 radical (unpaired) electrons. The molecule has 2 aromatic carbocycles. The average Bonchev–Trinajstić information content (AvgIpc) is 3.27. The Hall–Kier alpha value is -2.71. The van der Waals surface area contributed by atoms with Crippen molar-refractivity contribution < 1.29 is 0 Å². The van der Waals surface area contributed by atoms with Crippen LogP contribution in [0.4, 0.5) is 11.4 Å². The minimum atomic E-state index is -0.0256. The van der Waals surface area contributed by atoms with E-state index < -0.39 is 0 Å². The van der Waals surface area contributed by atoms with Crippen molar-refractivity contribution in [3.05, 3.63) is 106 Å². The Balaban J connectivity index is 1.46. The quantitative estimate of drug-likeness (QED) is 0.344. The first-order valence-corrected chi connectivity index (χ1v) is 15.3. The minimum absolute atomic E-state index is 0.0256. The molecule has 0 saturated carbocycles. The fourth-order valence-electron chi connectivity index (χ4n) is 7.01. The van der Waals surface area contributed by atoms with Gasteiger partial charge in [0.15, 0.2) is 0 Å². The van der Waals surface area contributed by atoms with Gasteiger partial charge in [0.05, 0.1) is 6.04 Å². The number of hydrogen-bond donors (Lipinski definition) is 0. The fourth-order valence-corrected chi connectivity index (χ4v) is 7.33. The van der Waals surface area contributed by atoms with Crippen LogP contribution in [-0.4, -0.2) is 19.1 Å². The Bertz CT molecular complexity index is 1340. The molecular formula is C36H45ClN2. The van der Waals surface area contributed by atoms with Crippen LogP contribution in [0.3, 0.4) is 0 Å². The smallest absolute Gasteiger partial charge is 0.0568 e. The summed E-state index contributed by atoms with van der Waals surface area (Å²) in [6, 6.07) is 18.1. The van der Waals surface area contributed by atoms with E-state index >= 15 is 0 Å². The number of rotatable bonds is 7. The lowest BCUT2D eigenvalue weighted by atomic mass is 9.80. The van der Waals surface area contributed by atoms with Crippen LogP contribution in [-0.2, 0) is 10.8 Å². The Labute approximate surface area is 241 Å². The maximum absolute atomic E-state index is 7.14. The molecule has 3 aliphatic rings. The molecule has 0 fully saturated rings. The number of hydrogen-bond acceptors (Lipinski definition) is 2. The second-order valence-corrected chi connectivity index (χ2v) is 12.8. The standard InChI is InChI=1S/C36H45ClN2/c1-7-24-38-30-18-11-9-16-28(30)35(3,4)32(38)22-20-26-14-13-15-27(34(26)37)21-23-33-36(5,6)29-17-10-12-19-31(29)39(33)25-8-2/h9-12,16-23,32H,7-8,13-15,24-25H2,1-6H3/b22-20+,27-21-,33-23-. The van der Waals surface area contributed by atoms with Crippen molar-refractivity contribution in [3.8, 4) is 0 Å². The van der Waals surface area contributed by atoms with Gasteiger partial charge in [0.2, 0.25) is 0 Å². The summed E-state index contributed by atoms with van der Waals surface area (Å²) < 4.78 is 0. The number of benzene rings is 2. The summed E-state index contributed by atoms with van der Waals surface area (Å²) in [7, 11) is 0. The normalized spacial score (nSPS) is 23.8. The van der Waals surface area contributed by atoms with Crippen molar-refractivity contribution in [2.75, 3.05) is 22.9 Å². The van der Waals surface area contributed by atoms with Crippen molar-refractivity contribution in [1.82, 2.24) is 0 Å². The van der Waals surface area contributed by atoms with E-state index in [2.05, 4.69) is 124 Å². The molecule has 0 aromatic heterocycles. The Kier molecular flexibility index (Phi) is 7.89. The highest BCUT2D eigenvalue weighted by Crippen LogP contribution is 2.48. The van der Waals surface area contributed by atoms with E-state index in [9.17, 15) is 0 Å². The van der Waals surface area contributed by atoms with E-state index in [1.807, 2.05) is 0 Å². The monoisotopic (exact) mass is 540 g/mol. The van der Waals surface area contributed by atoms with Crippen LogP contribution in [0.1, 0.15) is 84.8 Å². The second-order valence-electron chi connectivity index (χ2n) is 12.5.